The van der Waals surface area contributed by atoms with E-state index in [2.05, 4.69) is 10.6 Å². The number of nitrogens with two attached hydrogens (primary N) is 1. The second kappa shape index (κ2) is 8.14. The summed E-state index contributed by atoms with van der Waals surface area (Å²) < 4.78 is 0. The summed E-state index contributed by atoms with van der Waals surface area (Å²) in [7, 11) is 0. The first-order chi connectivity index (χ1) is 10.3. The molecule has 0 aliphatic heterocycles. The number of benzene rings is 1. The molecule has 7 heteroatoms. The molecule has 0 heterocycles. The molecule has 2 amide bonds. The number of aryl methyl sites for hydroxylation is 1. The lowest BCUT2D eigenvalue weighted by Crippen LogP contribution is -2.48. The second-order valence-corrected chi connectivity index (χ2v) is 5.14. The van der Waals surface area contributed by atoms with Crippen LogP contribution >= 0.6 is 0 Å². The van der Waals surface area contributed by atoms with Crippen LogP contribution in [0.25, 0.3) is 0 Å². The SMILES string of the molecule is Cc1ccc(CNC(=O)CC(N)C(=O)NC(C)C(=O)O)cc1. The van der Waals surface area contributed by atoms with Crippen LogP contribution in [0.15, 0.2) is 24.3 Å². The molecule has 0 aromatic heterocycles. The first-order valence-electron chi connectivity index (χ1n) is 6.90. The van der Waals surface area contributed by atoms with Gasteiger partial charge in [0.2, 0.25) is 11.8 Å². The minimum Gasteiger partial charge on any atom is -0.480 e. The van der Waals surface area contributed by atoms with Gasteiger partial charge in [-0.05, 0) is 19.4 Å². The summed E-state index contributed by atoms with van der Waals surface area (Å²) in [5.74, 6) is -2.20. The minimum absolute atomic E-state index is 0.204. The van der Waals surface area contributed by atoms with Crippen molar-refractivity contribution in [3.8, 4) is 0 Å². The molecule has 120 valence electrons. The third kappa shape index (κ3) is 5.92. The van der Waals surface area contributed by atoms with Gasteiger partial charge in [-0.25, -0.2) is 0 Å². The molecular formula is C15H21N3O4. The van der Waals surface area contributed by atoms with Gasteiger partial charge in [-0.15, -0.1) is 0 Å². The summed E-state index contributed by atoms with van der Waals surface area (Å²) in [6, 6.07) is 5.55. The third-order valence-electron chi connectivity index (χ3n) is 3.08. The molecule has 7 nitrogen and oxygen atoms in total. The Kier molecular flexibility index (Phi) is 6.52. The molecule has 0 saturated carbocycles. The Morgan fingerprint density at radius 3 is 2.36 bits per heavy atom. The molecular weight excluding hydrogens is 286 g/mol. The zero-order valence-corrected chi connectivity index (χ0v) is 12.6. The van der Waals surface area contributed by atoms with Crippen molar-refractivity contribution in [2.75, 3.05) is 0 Å². The topological polar surface area (TPSA) is 122 Å². The average Bonchev–Trinajstić information content (AvgIpc) is 2.46. The third-order valence-corrected chi connectivity index (χ3v) is 3.08. The van der Waals surface area contributed by atoms with Crippen molar-refractivity contribution in [1.82, 2.24) is 10.6 Å². The van der Waals surface area contributed by atoms with Crippen molar-refractivity contribution in [1.29, 1.82) is 0 Å². The van der Waals surface area contributed by atoms with Gasteiger partial charge in [0.25, 0.3) is 0 Å². The van der Waals surface area contributed by atoms with E-state index in [1.165, 1.54) is 6.92 Å². The van der Waals surface area contributed by atoms with Crippen molar-refractivity contribution in [2.24, 2.45) is 5.73 Å². The zero-order chi connectivity index (χ0) is 16.7. The van der Waals surface area contributed by atoms with Crippen LogP contribution in [0.2, 0.25) is 0 Å². The monoisotopic (exact) mass is 307 g/mol. The fourth-order valence-electron chi connectivity index (χ4n) is 1.65. The lowest BCUT2D eigenvalue weighted by Gasteiger charge is -2.14. The highest BCUT2D eigenvalue weighted by atomic mass is 16.4. The molecule has 0 aliphatic rings. The van der Waals surface area contributed by atoms with Crippen LogP contribution in [0, 0.1) is 6.92 Å². The van der Waals surface area contributed by atoms with Gasteiger partial charge >= 0.3 is 5.97 Å². The number of carboxylic acid groups (broad SMARTS) is 1. The van der Waals surface area contributed by atoms with Gasteiger partial charge in [0.05, 0.1) is 12.5 Å². The Labute approximate surface area is 128 Å². The maximum absolute atomic E-state index is 11.7. The predicted octanol–water partition coefficient (Wildman–Crippen LogP) is -0.0821. The Bertz CT molecular complexity index is 542. The predicted molar refractivity (Wildman–Crippen MR) is 80.9 cm³/mol. The highest BCUT2D eigenvalue weighted by Crippen LogP contribution is 2.02. The number of nitrogens with one attached hydrogen (secondary N) is 2. The van der Waals surface area contributed by atoms with Gasteiger partial charge in [-0.2, -0.15) is 0 Å². The molecule has 0 spiro atoms. The van der Waals surface area contributed by atoms with E-state index in [1.807, 2.05) is 31.2 Å². The normalized spacial score (nSPS) is 13.0. The molecule has 22 heavy (non-hydrogen) atoms. The molecule has 2 atom stereocenters. The highest BCUT2D eigenvalue weighted by Gasteiger charge is 2.21. The van der Waals surface area contributed by atoms with Crippen LogP contribution in [-0.2, 0) is 20.9 Å². The standard InChI is InChI=1S/C15H21N3O4/c1-9-3-5-11(6-4-9)8-17-13(19)7-12(16)14(20)18-10(2)15(21)22/h3-6,10,12H,7-8,16H2,1-2H3,(H,17,19)(H,18,20)(H,21,22). The van der Waals surface area contributed by atoms with Gasteiger partial charge in [0.1, 0.15) is 6.04 Å². The lowest BCUT2D eigenvalue weighted by molar-refractivity contribution is -0.141. The van der Waals surface area contributed by atoms with E-state index < -0.39 is 24.0 Å². The Morgan fingerprint density at radius 2 is 1.82 bits per heavy atom. The Balaban J connectivity index is 2.39. The van der Waals surface area contributed by atoms with Crippen LogP contribution in [0.1, 0.15) is 24.5 Å². The van der Waals surface area contributed by atoms with E-state index in [0.717, 1.165) is 11.1 Å². The second-order valence-electron chi connectivity index (χ2n) is 5.14. The zero-order valence-electron chi connectivity index (χ0n) is 12.6. The molecule has 5 N–H and O–H groups in total. The number of hydrogen-bond donors (Lipinski definition) is 4. The summed E-state index contributed by atoms with van der Waals surface area (Å²) in [6.45, 7) is 3.64. The average molecular weight is 307 g/mol. The molecule has 0 saturated heterocycles. The van der Waals surface area contributed by atoms with Crippen LogP contribution in [0.3, 0.4) is 0 Å². The number of carboxylic acids is 1. The summed E-state index contributed by atoms with van der Waals surface area (Å²) >= 11 is 0. The molecule has 1 aromatic carbocycles. The van der Waals surface area contributed by atoms with E-state index in [9.17, 15) is 14.4 Å². The number of aliphatic carboxylic acids is 1. The maximum atomic E-state index is 11.7. The lowest BCUT2D eigenvalue weighted by atomic mass is 10.1. The summed E-state index contributed by atoms with van der Waals surface area (Å²) in [5, 5.41) is 13.6. The fraction of sp³-hybridized carbons (Fsp3) is 0.400. The summed E-state index contributed by atoms with van der Waals surface area (Å²) in [4.78, 5) is 34.0. The van der Waals surface area contributed by atoms with Gasteiger partial charge in [-0.3, -0.25) is 14.4 Å². The van der Waals surface area contributed by atoms with Gasteiger partial charge in [0, 0.05) is 6.54 Å². The van der Waals surface area contributed by atoms with Crippen molar-refractivity contribution < 1.29 is 19.5 Å². The van der Waals surface area contributed by atoms with E-state index in [-0.39, 0.29) is 12.3 Å². The quantitative estimate of drug-likeness (QED) is 0.561. The molecule has 0 fully saturated rings. The molecule has 1 aromatic rings. The van der Waals surface area contributed by atoms with Gasteiger partial charge in [0.15, 0.2) is 0 Å². The van der Waals surface area contributed by atoms with Crippen molar-refractivity contribution in [3.05, 3.63) is 35.4 Å². The van der Waals surface area contributed by atoms with Crippen LogP contribution in [-0.4, -0.2) is 35.0 Å². The highest BCUT2D eigenvalue weighted by molar-refractivity contribution is 5.90. The number of hydrogen-bond acceptors (Lipinski definition) is 4. The summed E-state index contributed by atoms with van der Waals surface area (Å²) in [5.41, 5.74) is 7.66. The van der Waals surface area contributed by atoms with Gasteiger partial charge < -0.3 is 21.5 Å². The van der Waals surface area contributed by atoms with Crippen LogP contribution < -0.4 is 16.4 Å². The number of amides is 2. The summed E-state index contributed by atoms with van der Waals surface area (Å²) in [6.07, 6.45) is -0.204. The van der Waals surface area contributed by atoms with Crippen LogP contribution in [0.5, 0.6) is 0 Å². The minimum atomic E-state index is -1.16. The Hall–Kier alpha value is -2.41. The van der Waals surface area contributed by atoms with Crippen LogP contribution in [0.4, 0.5) is 0 Å². The van der Waals surface area contributed by atoms with E-state index >= 15 is 0 Å². The first kappa shape index (κ1) is 17.6. The fourth-order valence-corrected chi connectivity index (χ4v) is 1.65. The van der Waals surface area contributed by atoms with Crippen molar-refractivity contribution in [3.63, 3.8) is 0 Å². The molecule has 2 unspecified atom stereocenters. The smallest absolute Gasteiger partial charge is 0.325 e. The first-order valence-corrected chi connectivity index (χ1v) is 6.90. The number of rotatable bonds is 7. The van der Waals surface area contributed by atoms with Crippen molar-refractivity contribution in [2.45, 2.75) is 38.9 Å². The van der Waals surface area contributed by atoms with Crippen molar-refractivity contribution >= 4 is 17.8 Å². The van der Waals surface area contributed by atoms with Gasteiger partial charge in [-0.1, -0.05) is 29.8 Å². The molecule has 0 bridgehead atoms. The Morgan fingerprint density at radius 1 is 1.23 bits per heavy atom. The molecule has 1 rings (SSSR count). The van der Waals surface area contributed by atoms with E-state index in [0.29, 0.717) is 6.54 Å². The largest absolute Gasteiger partial charge is 0.480 e. The van der Waals surface area contributed by atoms with E-state index in [4.69, 9.17) is 10.8 Å². The molecule has 0 aliphatic carbocycles. The number of carbonyl (C=O) groups excluding carboxylic acids is 2. The van der Waals surface area contributed by atoms with E-state index in [1.54, 1.807) is 0 Å². The maximum Gasteiger partial charge on any atom is 0.325 e. The number of carbonyl (C=O) groups is 3. The molecule has 0 radical (unpaired) electrons.